The van der Waals surface area contributed by atoms with Gasteiger partial charge in [0.1, 0.15) is 13.2 Å². The first-order chi connectivity index (χ1) is 39.0. The maximum absolute atomic E-state index is 12.9. The molecule has 0 bridgehead atoms. The predicted octanol–water partition coefficient (Wildman–Crippen LogP) is 24.1. The summed E-state index contributed by atoms with van der Waals surface area (Å²) in [5.74, 6) is -0.856. The van der Waals surface area contributed by atoms with Gasteiger partial charge < -0.3 is 14.2 Å². The zero-order valence-electron chi connectivity index (χ0n) is 53.2. The van der Waals surface area contributed by atoms with Crippen LogP contribution in [0.1, 0.15) is 380 Å². The minimum absolute atomic E-state index is 0.0723. The third-order valence-corrected chi connectivity index (χ3v) is 15.8. The highest BCUT2D eigenvalue weighted by Crippen LogP contribution is 2.18. The van der Waals surface area contributed by atoms with Crippen molar-refractivity contribution in [3.63, 3.8) is 0 Å². The number of ether oxygens (including phenoxy) is 3. The van der Waals surface area contributed by atoms with Gasteiger partial charge in [-0.25, -0.2) is 0 Å². The zero-order chi connectivity index (χ0) is 57.1. The van der Waals surface area contributed by atoms with Gasteiger partial charge in [-0.05, 0) is 83.5 Å². The average Bonchev–Trinajstić information content (AvgIpc) is 3.45. The molecule has 462 valence electrons. The van der Waals surface area contributed by atoms with Crippen LogP contribution in [-0.2, 0) is 28.6 Å². The lowest BCUT2D eigenvalue weighted by Crippen LogP contribution is -2.30. The van der Waals surface area contributed by atoms with Crippen molar-refractivity contribution >= 4 is 17.9 Å². The second-order valence-electron chi connectivity index (χ2n) is 23.8. The van der Waals surface area contributed by atoms with E-state index in [0.29, 0.717) is 19.3 Å². The molecule has 0 rings (SSSR count). The molecule has 6 heteroatoms. The second-order valence-corrected chi connectivity index (χ2v) is 23.8. The van der Waals surface area contributed by atoms with Crippen LogP contribution in [0.25, 0.3) is 0 Å². The van der Waals surface area contributed by atoms with E-state index in [2.05, 4.69) is 69.4 Å². The Balaban J connectivity index is 4.27. The summed E-state index contributed by atoms with van der Waals surface area (Å²) in [7, 11) is 0. The van der Waals surface area contributed by atoms with Crippen molar-refractivity contribution < 1.29 is 28.6 Å². The second kappa shape index (κ2) is 67.9. The molecule has 0 aliphatic rings. The summed E-state index contributed by atoms with van der Waals surface area (Å²) in [6.07, 6.45) is 85.6. The molecule has 79 heavy (non-hydrogen) atoms. The number of unbranched alkanes of at least 4 members (excludes halogenated alkanes) is 46. The molecule has 0 aromatic heterocycles. The quantitative estimate of drug-likeness (QED) is 0.0261. The summed E-state index contributed by atoms with van der Waals surface area (Å²) in [5.41, 5.74) is 0. The first kappa shape index (κ1) is 76.4. The molecule has 0 aromatic rings. The van der Waals surface area contributed by atoms with Crippen molar-refractivity contribution in [1.29, 1.82) is 0 Å². The van der Waals surface area contributed by atoms with Crippen molar-refractivity contribution in [1.82, 2.24) is 0 Å². The number of carbonyl (C=O) groups is 3. The smallest absolute Gasteiger partial charge is 0.306 e. The normalized spacial score (nSPS) is 12.3. The third-order valence-electron chi connectivity index (χ3n) is 15.8. The van der Waals surface area contributed by atoms with Gasteiger partial charge in [0.2, 0.25) is 0 Å². The topological polar surface area (TPSA) is 78.9 Å². The molecular formula is C73H134O6. The molecule has 0 saturated heterocycles. The van der Waals surface area contributed by atoms with Crippen LogP contribution in [0.4, 0.5) is 0 Å². The van der Waals surface area contributed by atoms with E-state index in [1.807, 2.05) is 0 Å². The molecule has 0 N–H and O–H groups in total. The molecule has 0 radical (unpaired) electrons. The van der Waals surface area contributed by atoms with E-state index >= 15 is 0 Å². The first-order valence-electron chi connectivity index (χ1n) is 35.1. The minimum Gasteiger partial charge on any atom is -0.462 e. The molecule has 6 nitrogen and oxygen atoms in total. The van der Waals surface area contributed by atoms with Crippen LogP contribution >= 0.6 is 0 Å². The number of allylic oxidation sites excluding steroid dienone is 8. The molecule has 0 aliphatic heterocycles. The number of hydrogen-bond acceptors (Lipinski definition) is 6. The van der Waals surface area contributed by atoms with Crippen LogP contribution in [-0.4, -0.2) is 37.2 Å². The van der Waals surface area contributed by atoms with E-state index in [4.69, 9.17) is 14.2 Å². The predicted molar refractivity (Wildman–Crippen MR) is 344 cm³/mol. The fraction of sp³-hybridized carbons (Fsp3) is 0.849. The highest BCUT2D eigenvalue weighted by molar-refractivity contribution is 5.71. The van der Waals surface area contributed by atoms with E-state index in [-0.39, 0.29) is 31.1 Å². The Morgan fingerprint density at radius 1 is 0.253 bits per heavy atom. The van der Waals surface area contributed by atoms with E-state index in [1.165, 1.54) is 263 Å². The maximum Gasteiger partial charge on any atom is 0.306 e. The van der Waals surface area contributed by atoms with Gasteiger partial charge in [-0.2, -0.15) is 0 Å². The van der Waals surface area contributed by atoms with E-state index in [0.717, 1.165) is 77.0 Å². The van der Waals surface area contributed by atoms with Gasteiger partial charge >= 0.3 is 17.9 Å². The Hall–Kier alpha value is -2.63. The zero-order valence-corrected chi connectivity index (χ0v) is 53.2. The van der Waals surface area contributed by atoms with Crippen LogP contribution in [0.2, 0.25) is 0 Å². The third kappa shape index (κ3) is 66.1. The van der Waals surface area contributed by atoms with Crippen LogP contribution in [0, 0.1) is 0 Å². The van der Waals surface area contributed by atoms with Gasteiger partial charge in [-0.1, -0.05) is 326 Å². The number of rotatable bonds is 65. The van der Waals surface area contributed by atoms with E-state index < -0.39 is 6.10 Å². The molecular weight excluding hydrogens is 973 g/mol. The summed E-state index contributed by atoms with van der Waals surface area (Å²) < 4.78 is 17.0. The first-order valence-corrected chi connectivity index (χ1v) is 35.1. The Morgan fingerprint density at radius 2 is 0.456 bits per heavy atom. The lowest BCUT2D eigenvalue weighted by atomic mass is 10.0. The molecule has 1 atom stereocenters. The summed E-state index contributed by atoms with van der Waals surface area (Å²) in [5, 5.41) is 0. The fourth-order valence-corrected chi connectivity index (χ4v) is 10.5. The average molecular weight is 1110 g/mol. The number of esters is 3. The molecule has 0 saturated carbocycles. The van der Waals surface area contributed by atoms with Crippen molar-refractivity contribution in [2.45, 2.75) is 386 Å². The molecule has 1 unspecified atom stereocenters. The molecule has 0 aliphatic carbocycles. The number of carbonyl (C=O) groups excluding carboxylic acids is 3. The van der Waals surface area contributed by atoms with Gasteiger partial charge in [0.25, 0.3) is 0 Å². The summed E-state index contributed by atoms with van der Waals surface area (Å²) in [4.78, 5) is 38.4. The van der Waals surface area contributed by atoms with Gasteiger partial charge in [0, 0.05) is 19.3 Å². The van der Waals surface area contributed by atoms with Gasteiger partial charge in [0.15, 0.2) is 6.10 Å². The Labute approximate surface area is 492 Å². The monoisotopic (exact) mass is 1110 g/mol. The van der Waals surface area contributed by atoms with Crippen molar-refractivity contribution in [3.05, 3.63) is 48.6 Å². The maximum atomic E-state index is 12.9. The standard InChI is InChI=1S/C73H134O6/c1-4-7-10-13-16-19-22-25-28-30-32-33-34-35-36-37-38-39-41-42-45-48-51-54-57-60-63-66-72(75)78-69-70(68-77-71(74)65-62-59-56-53-50-47-44-27-24-21-18-15-12-9-6-3)79-73(76)67-64-61-58-55-52-49-46-43-40-31-29-26-23-20-17-14-11-8-5-2/h22,25,27,30,32,34-35,44,70H,4-21,23-24,26,28-29,31,33,36-43,45-69H2,1-3H3/b25-22-,32-30-,35-34-,44-27-. The van der Waals surface area contributed by atoms with Crippen molar-refractivity contribution in [2.75, 3.05) is 13.2 Å². The minimum atomic E-state index is -0.776. The van der Waals surface area contributed by atoms with Crippen molar-refractivity contribution in [2.24, 2.45) is 0 Å². The Kier molecular flexibility index (Phi) is 65.6. The van der Waals surface area contributed by atoms with Crippen LogP contribution in [0.15, 0.2) is 48.6 Å². The van der Waals surface area contributed by atoms with Crippen LogP contribution in [0.3, 0.4) is 0 Å². The molecule has 0 amide bonds. The van der Waals surface area contributed by atoms with Crippen LogP contribution in [0.5, 0.6) is 0 Å². The Morgan fingerprint density at radius 3 is 0.722 bits per heavy atom. The van der Waals surface area contributed by atoms with Gasteiger partial charge in [-0.15, -0.1) is 0 Å². The molecule has 0 heterocycles. The fourth-order valence-electron chi connectivity index (χ4n) is 10.5. The molecule has 0 spiro atoms. The van der Waals surface area contributed by atoms with Crippen molar-refractivity contribution in [3.8, 4) is 0 Å². The lowest BCUT2D eigenvalue weighted by molar-refractivity contribution is -0.167. The van der Waals surface area contributed by atoms with Crippen LogP contribution < -0.4 is 0 Å². The highest BCUT2D eigenvalue weighted by Gasteiger charge is 2.19. The summed E-state index contributed by atoms with van der Waals surface area (Å²) >= 11 is 0. The number of hydrogen-bond donors (Lipinski definition) is 0. The highest BCUT2D eigenvalue weighted by atomic mass is 16.6. The van der Waals surface area contributed by atoms with E-state index in [1.54, 1.807) is 0 Å². The largest absolute Gasteiger partial charge is 0.462 e. The van der Waals surface area contributed by atoms with Gasteiger partial charge in [-0.3, -0.25) is 14.4 Å². The summed E-state index contributed by atoms with van der Waals surface area (Å²) in [6.45, 7) is 6.68. The van der Waals surface area contributed by atoms with Gasteiger partial charge in [0.05, 0.1) is 0 Å². The lowest BCUT2D eigenvalue weighted by Gasteiger charge is -2.18. The molecule has 0 aromatic carbocycles. The SMILES string of the molecule is CCCCCCC/C=C\C/C=C\C/C=C\CCCCCCCCCCCCCCC(=O)OCC(COC(=O)CCCCCCC/C=C\CCCCCCCC)OC(=O)CCCCCCCCCCCCCCCCCCCCC. The Bertz CT molecular complexity index is 1360. The molecule has 0 fully saturated rings. The van der Waals surface area contributed by atoms with E-state index in [9.17, 15) is 14.4 Å². The summed E-state index contributed by atoms with van der Waals surface area (Å²) in [6, 6.07) is 0.